The Morgan fingerprint density at radius 1 is 1.00 bits per heavy atom. The molecule has 0 saturated heterocycles. The van der Waals surface area contributed by atoms with Crippen molar-refractivity contribution in [2.75, 3.05) is 12.3 Å². The Kier molecular flexibility index (Phi) is 6.88. The fourth-order valence-electron chi connectivity index (χ4n) is 1.57. The molecule has 0 fully saturated rings. The molecule has 0 aliphatic carbocycles. The van der Waals surface area contributed by atoms with Gasteiger partial charge in [-0.2, -0.15) is 12.6 Å². The lowest BCUT2D eigenvalue weighted by atomic mass is 10.1. The van der Waals surface area contributed by atoms with E-state index in [1.807, 2.05) is 0 Å². The lowest BCUT2D eigenvalue weighted by Gasteiger charge is -2.31. The van der Waals surface area contributed by atoms with Gasteiger partial charge in [0.15, 0.2) is 0 Å². The van der Waals surface area contributed by atoms with E-state index in [9.17, 15) is 0 Å². The van der Waals surface area contributed by atoms with Gasteiger partial charge in [0.05, 0.1) is 0 Å². The molecule has 0 radical (unpaired) electrons. The highest BCUT2D eigenvalue weighted by atomic mass is 32.1. The van der Waals surface area contributed by atoms with Gasteiger partial charge in [-0.15, -0.1) is 0 Å². The monoisotopic (exact) mass is 203 g/mol. The predicted molar refractivity (Wildman–Crippen MR) is 64.6 cm³/mol. The molecule has 1 nitrogen and oxygen atoms in total. The highest BCUT2D eigenvalue weighted by Crippen LogP contribution is 2.10. The molecule has 13 heavy (non-hydrogen) atoms. The van der Waals surface area contributed by atoms with Crippen LogP contribution in [0.25, 0.3) is 0 Å². The molecule has 1 atom stereocenters. The maximum Gasteiger partial charge on any atom is 0.00412 e. The van der Waals surface area contributed by atoms with E-state index in [1.54, 1.807) is 0 Å². The van der Waals surface area contributed by atoms with Crippen LogP contribution in [0.5, 0.6) is 0 Å². The number of hydrogen-bond donors (Lipinski definition) is 1. The number of thiol groups is 1. The second-order valence-electron chi connectivity index (χ2n) is 4.50. The van der Waals surface area contributed by atoms with Gasteiger partial charge in [0.2, 0.25) is 0 Å². The SMILES string of the molecule is CC(C)N(CC[C@@H](C)CS)C(C)C. The van der Waals surface area contributed by atoms with Crippen LogP contribution in [0.15, 0.2) is 0 Å². The molecule has 0 rings (SSSR count). The molecule has 0 saturated carbocycles. The smallest absolute Gasteiger partial charge is 0.00412 e. The lowest BCUT2D eigenvalue weighted by Crippen LogP contribution is -2.38. The van der Waals surface area contributed by atoms with Gasteiger partial charge in [-0.05, 0) is 52.3 Å². The first kappa shape index (κ1) is 13.3. The van der Waals surface area contributed by atoms with Crippen molar-refractivity contribution >= 4 is 12.6 Å². The second kappa shape index (κ2) is 6.72. The number of nitrogens with zero attached hydrogens (tertiary/aromatic N) is 1. The first-order valence-corrected chi connectivity index (χ1v) is 5.98. The van der Waals surface area contributed by atoms with Crippen molar-refractivity contribution in [2.24, 2.45) is 5.92 Å². The van der Waals surface area contributed by atoms with Crippen molar-refractivity contribution in [3.8, 4) is 0 Å². The van der Waals surface area contributed by atoms with E-state index in [0.29, 0.717) is 12.1 Å². The van der Waals surface area contributed by atoms with Gasteiger partial charge >= 0.3 is 0 Å². The second-order valence-corrected chi connectivity index (χ2v) is 4.87. The van der Waals surface area contributed by atoms with Gasteiger partial charge < -0.3 is 0 Å². The molecule has 0 N–H and O–H groups in total. The molecular formula is C11H25NS. The van der Waals surface area contributed by atoms with Crippen LogP contribution in [0.3, 0.4) is 0 Å². The van der Waals surface area contributed by atoms with Gasteiger partial charge in [-0.25, -0.2) is 0 Å². The third-order valence-corrected chi connectivity index (χ3v) is 3.14. The van der Waals surface area contributed by atoms with E-state index in [4.69, 9.17) is 0 Å². The van der Waals surface area contributed by atoms with Gasteiger partial charge in [0, 0.05) is 12.1 Å². The first-order valence-electron chi connectivity index (χ1n) is 5.35. The largest absolute Gasteiger partial charge is 0.299 e. The van der Waals surface area contributed by atoms with Crippen molar-refractivity contribution in [3.63, 3.8) is 0 Å². The van der Waals surface area contributed by atoms with Crippen molar-refractivity contribution in [1.82, 2.24) is 4.90 Å². The lowest BCUT2D eigenvalue weighted by molar-refractivity contribution is 0.166. The van der Waals surface area contributed by atoms with E-state index in [1.165, 1.54) is 13.0 Å². The maximum absolute atomic E-state index is 4.30. The van der Waals surface area contributed by atoms with E-state index in [-0.39, 0.29) is 0 Å². The summed E-state index contributed by atoms with van der Waals surface area (Å²) in [5.74, 6) is 1.74. The molecule has 0 aromatic rings. The zero-order chi connectivity index (χ0) is 10.4. The van der Waals surface area contributed by atoms with Crippen LogP contribution in [-0.4, -0.2) is 29.3 Å². The Hall–Kier alpha value is 0.310. The Labute approximate surface area is 89.3 Å². The summed E-state index contributed by atoms with van der Waals surface area (Å²) in [6.45, 7) is 12.6. The van der Waals surface area contributed by atoms with Crippen LogP contribution in [0.2, 0.25) is 0 Å². The number of hydrogen-bond acceptors (Lipinski definition) is 2. The maximum atomic E-state index is 4.30. The van der Waals surface area contributed by atoms with E-state index >= 15 is 0 Å². The highest BCUT2D eigenvalue weighted by Gasteiger charge is 2.13. The molecule has 80 valence electrons. The third kappa shape index (κ3) is 5.58. The summed E-state index contributed by atoms with van der Waals surface area (Å²) in [4.78, 5) is 2.54. The normalized spacial score (nSPS) is 14.5. The fourth-order valence-corrected chi connectivity index (χ4v) is 1.76. The highest BCUT2D eigenvalue weighted by molar-refractivity contribution is 7.80. The minimum absolute atomic E-state index is 0.659. The van der Waals surface area contributed by atoms with Crippen molar-refractivity contribution < 1.29 is 0 Å². The zero-order valence-electron chi connectivity index (χ0n) is 9.75. The summed E-state index contributed by atoms with van der Waals surface area (Å²) in [6, 6.07) is 1.32. The molecule has 2 heteroatoms. The first-order chi connectivity index (χ1) is 5.99. The van der Waals surface area contributed by atoms with Crippen LogP contribution >= 0.6 is 12.6 Å². The van der Waals surface area contributed by atoms with Crippen LogP contribution in [0.1, 0.15) is 41.0 Å². The summed E-state index contributed by atoms with van der Waals surface area (Å²) < 4.78 is 0. The Balaban J connectivity index is 3.83. The van der Waals surface area contributed by atoms with Crippen molar-refractivity contribution in [3.05, 3.63) is 0 Å². The summed E-state index contributed by atoms with van der Waals surface area (Å²) in [7, 11) is 0. The quantitative estimate of drug-likeness (QED) is 0.649. The standard InChI is InChI=1S/C11H25NS/c1-9(2)12(10(3)4)7-6-11(5)8-13/h9-11,13H,6-8H2,1-5H3/t11-/m1/s1. The summed E-state index contributed by atoms with van der Waals surface area (Å²) in [5.41, 5.74) is 0. The van der Waals surface area contributed by atoms with E-state index in [0.717, 1.165) is 11.7 Å². The molecule has 0 spiro atoms. The van der Waals surface area contributed by atoms with Crippen LogP contribution < -0.4 is 0 Å². The number of rotatable bonds is 6. The Morgan fingerprint density at radius 2 is 1.46 bits per heavy atom. The van der Waals surface area contributed by atoms with E-state index < -0.39 is 0 Å². The summed E-state index contributed by atoms with van der Waals surface area (Å²) >= 11 is 4.30. The van der Waals surface area contributed by atoms with Crippen LogP contribution in [0, 0.1) is 5.92 Å². The Bertz CT molecular complexity index is 115. The summed E-state index contributed by atoms with van der Waals surface area (Å²) in [5, 5.41) is 0. The van der Waals surface area contributed by atoms with Crippen LogP contribution in [0.4, 0.5) is 0 Å². The zero-order valence-corrected chi connectivity index (χ0v) is 10.6. The average Bonchev–Trinajstić information content (AvgIpc) is 2.03. The minimum Gasteiger partial charge on any atom is -0.299 e. The topological polar surface area (TPSA) is 3.24 Å². The third-order valence-electron chi connectivity index (χ3n) is 2.52. The van der Waals surface area contributed by atoms with Crippen LogP contribution in [-0.2, 0) is 0 Å². The molecule has 0 unspecified atom stereocenters. The molecule has 0 bridgehead atoms. The summed E-state index contributed by atoms with van der Waals surface area (Å²) in [6.07, 6.45) is 1.26. The van der Waals surface area contributed by atoms with Crippen molar-refractivity contribution in [2.45, 2.75) is 53.1 Å². The molecule has 0 aliphatic rings. The van der Waals surface area contributed by atoms with Gasteiger partial charge in [-0.1, -0.05) is 6.92 Å². The molecule has 0 aromatic heterocycles. The Morgan fingerprint density at radius 3 is 1.77 bits per heavy atom. The molecule has 0 heterocycles. The van der Waals surface area contributed by atoms with Gasteiger partial charge in [0.25, 0.3) is 0 Å². The molecule has 0 aliphatic heterocycles. The minimum atomic E-state index is 0.659. The van der Waals surface area contributed by atoms with Gasteiger partial charge in [0.1, 0.15) is 0 Å². The molecular weight excluding hydrogens is 178 g/mol. The van der Waals surface area contributed by atoms with E-state index in [2.05, 4.69) is 52.1 Å². The average molecular weight is 203 g/mol. The van der Waals surface area contributed by atoms with Crippen molar-refractivity contribution in [1.29, 1.82) is 0 Å². The fraction of sp³-hybridized carbons (Fsp3) is 1.00. The molecule has 0 amide bonds. The molecule has 0 aromatic carbocycles. The predicted octanol–water partition coefficient (Wildman–Crippen LogP) is 3.06. The van der Waals surface area contributed by atoms with Gasteiger partial charge in [-0.3, -0.25) is 4.90 Å².